The van der Waals surface area contributed by atoms with E-state index in [4.69, 9.17) is 14.2 Å². The average Bonchev–Trinajstić information content (AvgIpc) is 2.59. The minimum Gasteiger partial charge on any atom is -0.493 e. The van der Waals surface area contributed by atoms with Crippen LogP contribution in [0.2, 0.25) is 0 Å². The van der Waals surface area contributed by atoms with Crippen molar-refractivity contribution >= 4 is 0 Å². The topological polar surface area (TPSA) is 51.2 Å². The molecule has 1 aromatic rings. The Labute approximate surface area is 169 Å². The highest BCUT2D eigenvalue weighted by Gasteiger charge is 2.39. The first kappa shape index (κ1) is 20.0. The SMILES string of the molecule is COc1cc2c(cc1OCC1COC1)CCN1CC(CC(C)(C)C)C(O)CC21. The first-order valence-corrected chi connectivity index (χ1v) is 10.7. The van der Waals surface area contributed by atoms with Crippen LogP contribution in [0.5, 0.6) is 11.5 Å². The molecule has 2 fully saturated rings. The first-order chi connectivity index (χ1) is 13.3. The standard InChI is InChI=1S/C23H35NO4/c1-23(2,3)10-17-11-24-6-5-16-7-22(28-14-15-12-27-13-15)21(26-4)8-18(16)19(24)9-20(17)25/h7-8,15,17,19-20,25H,5-6,9-14H2,1-4H3. The molecule has 0 amide bonds. The lowest BCUT2D eigenvalue weighted by Crippen LogP contribution is -2.48. The van der Waals surface area contributed by atoms with Gasteiger partial charge in [-0.2, -0.15) is 0 Å². The van der Waals surface area contributed by atoms with Crippen molar-refractivity contribution in [2.75, 3.05) is 40.0 Å². The number of aliphatic hydroxyl groups excluding tert-OH is 1. The van der Waals surface area contributed by atoms with Crippen LogP contribution in [-0.2, 0) is 11.2 Å². The largest absolute Gasteiger partial charge is 0.493 e. The Morgan fingerprint density at radius 1 is 1.21 bits per heavy atom. The predicted molar refractivity (Wildman–Crippen MR) is 109 cm³/mol. The number of hydrogen-bond donors (Lipinski definition) is 1. The lowest BCUT2D eigenvalue weighted by Gasteiger charge is -2.47. The molecule has 0 aliphatic carbocycles. The van der Waals surface area contributed by atoms with Gasteiger partial charge in [0.25, 0.3) is 0 Å². The molecular weight excluding hydrogens is 354 g/mol. The maximum absolute atomic E-state index is 10.9. The van der Waals surface area contributed by atoms with E-state index in [2.05, 4.69) is 37.8 Å². The molecule has 5 heteroatoms. The molecule has 3 heterocycles. The van der Waals surface area contributed by atoms with Crippen LogP contribution in [0, 0.1) is 17.3 Å². The second-order valence-electron chi connectivity index (χ2n) is 10.0. The van der Waals surface area contributed by atoms with Gasteiger partial charge in [0.15, 0.2) is 11.5 Å². The molecular formula is C23H35NO4. The molecule has 0 bridgehead atoms. The number of rotatable bonds is 5. The summed E-state index contributed by atoms with van der Waals surface area (Å²) >= 11 is 0. The zero-order valence-corrected chi connectivity index (χ0v) is 17.7. The zero-order valence-electron chi connectivity index (χ0n) is 17.7. The van der Waals surface area contributed by atoms with Gasteiger partial charge in [-0.1, -0.05) is 20.8 Å². The Bertz CT molecular complexity index is 695. The van der Waals surface area contributed by atoms with Crippen LogP contribution in [0.1, 0.15) is 50.8 Å². The monoisotopic (exact) mass is 389 g/mol. The number of fused-ring (bicyclic) bond motifs is 3. The minimum atomic E-state index is -0.244. The van der Waals surface area contributed by atoms with Crippen molar-refractivity contribution in [2.24, 2.45) is 17.3 Å². The maximum Gasteiger partial charge on any atom is 0.161 e. The molecule has 0 radical (unpaired) electrons. The van der Waals surface area contributed by atoms with E-state index in [0.29, 0.717) is 18.4 Å². The van der Waals surface area contributed by atoms with Gasteiger partial charge in [-0.3, -0.25) is 4.90 Å². The number of hydrogen-bond acceptors (Lipinski definition) is 5. The van der Waals surface area contributed by atoms with Crippen LogP contribution in [-0.4, -0.2) is 56.1 Å². The van der Waals surface area contributed by atoms with E-state index in [0.717, 1.165) is 57.1 Å². The lowest BCUT2D eigenvalue weighted by atomic mass is 9.75. The number of ether oxygens (including phenoxy) is 3. The molecule has 3 atom stereocenters. The van der Waals surface area contributed by atoms with Crippen molar-refractivity contribution in [2.45, 2.75) is 52.2 Å². The second-order valence-corrected chi connectivity index (χ2v) is 10.0. The van der Waals surface area contributed by atoms with E-state index in [9.17, 15) is 5.11 Å². The quantitative estimate of drug-likeness (QED) is 0.836. The van der Waals surface area contributed by atoms with E-state index < -0.39 is 0 Å². The first-order valence-electron chi connectivity index (χ1n) is 10.7. The predicted octanol–water partition coefficient (Wildman–Crippen LogP) is 3.44. The fourth-order valence-electron chi connectivity index (χ4n) is 4.95. The highest BCUT2D eigenvalue weighted by molar-refractivity contribution is 5.49. The Hall–Kier alpha value is -1.30. The van der Waals surface area contributed by atoms with Crippen LogP contribution in [0.4, 0.5) is 0 Å². The summed E-state index contributed by atoms with van der Waals surface area (Å²) in [6.07, 6.45) is 2.64. The third-order valence-corrected chi connectivity index (χ3v) is 6.43. The molecule has 5 nitrogen and oxygen atoms in total. The Morgan fingerprint density at radius 2 is 2.00 bits per heavy atom. The number of nitrogens with zero attached hydrogens (tertiary/aromatic N) is 1. The zero-order chi connectivity index (χ0) is 19.9. The number of aliphatic hydroxyl groups is 1. The third kappa shape index (κ3) is 4.17. The third-order valence-electron chi connectivity index (χ3n) is 6.43. The summed E-state index contributed by atoms with van der Waals surface area (Å²) in [5, 5.41) is 10.9. The molecule has 2 saturated heterocycles. The normalized spacial score (nSPS) is 28.2. The molecule has 3 unspecified atom stereocenters. The summed E-state index contributed by atoms with van der Waals surface area (Å²) in [4.78, 5) is 2.57. The number of methoxy groups -OCH3 is 1. The lowest BCUT2D eigenvalue weighted by molar-refractivity contribution is -0.0511. The maximum atomic E-state index is 10.9. The van der Waals surface area contributed by atoms with Crippen LogP contribution in [0.3, 0.4) is 0 Å². The molecule has 0 saturated carbocycles. The van der Waals surface area contributed by atoms with Crippen molar-refractivity contribution in [3.63, 3.8) is 0 Å². The summed E-state index contributed by atoms with van der Waals surface area (Å²) in [6.45, 7) is 11.1. The van der Waals surface area contributed by atoms with Gasteiger partial charge in [0.2, 0.25) is 0 Å². The summed E-state index contributed by atoms with van der Waals surface area (Å²) in [5.41, 5.74) is 2.88. The van der Waals surface area contributed by atoms with Crippen molar-refractivity contribution in [1.29, 1.82) is 0 Å². The van der Waals surface area contributed by atoms with E-state index in [1.54, 1.807) is 7.11 Å². The molecule has 1 aromatic carbocycles. The second kappa shape index (κ2) is 7.85. The van der Waals surface area contributed by atoms with Gasteiger partial charge in [0.05, 0.1) is 33.0 Å². The highest BCUT2D eigenvalue weighted by atomic mass is 16.5. The van der Waals surface area contributed by atoms with E-state index >= 15 is 0 Å². The van der Waals surface area contributed by atoms with Gasteiger partial charge < -0.3 is 19.3 Å². The van der Waals surface area contributed by atoms with E-state index in [1.807, 2.05) is 0 Å². The highest BCUT2D eigenvalue weighted by Crippen LogP contribution is 2.44. The summed E-state index contributed by atoms with van der Waals surface area (Å²) in [6, 6.07) is 4.59. The molecule has 28 heavy (non-hydrogen) atoms. The van der Waals surface area contributed by atoms with E-state index in [1.165, 1.54) is 11.1 Å². The van der Waals surface area contributed by atoms with Crippen molar-refractivity contribution in [3.8, 4) is 11.5 Å². The number of benzene rings is 1. The number of piperidine rings is 1. The fraction of sp³-hybridized carbons (Fsp3) is 0.739. The van der Waals surface area contributed by atoms with Crippen LogP contribution in [0.15, 0.2) is 12.1 Å². The molecule has 3 aliphatic heterocycles. The van der Waals surface area contributed by atoms with Gasteiger partial charge in [0.1, 0.15) is 0 Å². The minimum absolute atomic E-state index is 0.243. The Balaban J connectivity index is 1.52. The van der Waals surface area contributed by atoms with Crippen molar-refractivity contribution < 1.29 is 19.3 Å². The van der Waals surface area contributed by atoms with Gasteiger partial charge >= 0.3 is 0 Å². The van der Waals surface area contributed by atoms with Gasteiger partial charge in [-0.15, -0.1) is 0 Å². The van der Waals surface area contributed by atoms with Gasteiger partial charge in [0, 0.05) is 25.0 Å². The molecule has 3 aliphatic rings. The van der Waals surface area contributed by atoms with Crippen molar-refractivity contribution in [3.05, 3.63) is 23.3 Å². The molecule has 1 N–H and O–H groups in total. The van der Waals surface area contributed by atoms with Crippen LogP contribution < -0.4 is 9.47 Å². The van der Waals surface area contributed by atoms with E-state index in [-0.39, 0.29) is 17.6 Å². The average molecular weight is 390 g/mol. The summed E-state index contributed by atoms with van der Waals surface area (Å²) < 4.78 is 16.9. The summed E-state index contributed by atoms with van der Waals surface area (Å²) in [7, 11) is 1.71. The molecule has 0 spiro atoms. The Morgan fingerprint density at radius 3 is 2.64 bits per heavy atom. The molecule has 0 aromatic heterocycles. The van der Waals surface area contributed by atoms with Gasteiger partial charge in [-0.05, 0) is 53.9 Å². The summed E-state index contributed by atoms with van der Waals surface area (Å²) in [5.74, 6) is 2.48. The van der Waals surface area contributed by atoms with Crippen LogP contribution in [0.25, 0.3) is 0 Å². The van der Waals surface area contributed by atoms with Crippen LogP contribution >= 0.6 is 0 Å². The molecule has 4 rings (SSSR count). The van der Waals surface area contributed by atoms with Crippen molar-refractivity contribution in [1.82, 2.24) is 4.90 Å². The molecule has 156 valence electrons. The van der Waals surface area contributed by atoms with Gasteiger partial charge in [-0.25, -0.2) is 0 Å². The fourth-order valence-corrected chi connectivity index (χ4v) is 4.95. The Kier molecular flexibility index (Phi) is 5.60. The smallest absolute Gasteiger partial charge is 0.161 e.